The van der Waals surface area contributed by atoms with Crippen LogP contribution in [0.25, 0.3) is 0 Å². The van der Waals surface area contributed by atoms with Crippen molar-refractivity contribution >= 4 is 11.9 Å². The number of carboxylic acid groups (broad SMARTS) is 2. The molecule has 0 fully saturated rings. The minimum Gasteiger partial charge on any atom is -1.00 e. The van der Waals surface area contributed by atoms with E-state index < -0.39 is 23.8 Å². The molecule has 0 amide bonds. The van der Waals surface area contributed by atoms with Crippen molar-refractivity contribution in [2.75, 3.05) is 0 Å². The average molecular weight is 194 g/mol. The number of allylic oxidation sites excluding steroid dienone is 1. The van der Waals surface area contributed by atoms with Crippen molar-refractivity contribution in [1.29, 1.82) is 0 Å². The van der Waals surface area contributed by atoms with Crippen LogP contribution in [-0.2, 0) is 9.59 Å². The first-order valence-corrected chi connectivity index (χ1v) is 3.75. The molecule has 0 radical (unpaired) electrons. The first kappa shape index (κ1) is 12.7. The van der Waals surface area contributed by atoms with Gasteiger partial charge in [-0.05, 0) is 12.8 Å². The summed E-state index contributed by atoms with van der Waals surface area (Å²) in [4.78, 5) is 21.1. The Balaban J connectivity index is 0. The number of aliphatic carboxylic acids is 2. The second kappa shape index (κ2) is 5.42. The van der Waals surface area contributed by atoms with Crippen LogP contribution in [-0.4, -0.2) is 22.2 Å². The standard InChI is InChI=1S/C8H10O4.Na.H/c9-7(10)5-3-1-2-4-6(5)8(11)12;;/h1,3,5-6H,2,4H2,(H,9,10)(H,11,12);;/q;+1;-1. The summed E-state index contributed by atoms with van der Waals surface area (Å²) in [5.74, 6) is -3.69. The summed E-state index contributed by atoms with van der Waals surface area (Å²) in [6.45, 7) is 0. The normalized spacial score (nSPS) is 26.2. The molecule has 13 heavy (non-hydrogen) atoms. The largest absolute Gasteiger partial charge is 1.00 e. The zero-order chi connectivity index (χ0) is 9.14. The zero-order valence-corrected chi connectivity index (χ0v) is 9.43. The van der Waals surface area contributed by atoms with Crippen LogP contribution in [0.5, 0.6) is 0 Å². The molecule has 4 nitrogen and oxygen atoms in total. The summed E-state index contributed by atoms with van der Waals surface area (Å²) >= 11 is 0. The van der Waals surface area contributed by atoms with Crippen LogP contribution < -0.4 is 29.6 Å². The molecule has 2 unspecified atom stereocenters. The van der Waals surface area contributed by atoms with Gasteiger partial charge >= 0.3 is 41.5 Å². The van der Waals surface area contributed by atoms with Crippen LogP contribution in [0.2, 0.25) is 0 Å². The van der Waals surface area contributed by atoms with Crippen molar-refractivity contribution < 1.29 is 50.8 Å². The smallest absolute Gasteiger partial charge is 1.00 e. The monoisotopic (exact) mass is 194 g/mol. The Kier molecular flexibility index (Phi) is 5.29. The van der Waals surface area contributed by atoms with E-state index in [1.54, 1.807) is 6.08 Å². The molecule has 0 aliphatic heterocycles. The van der Waals surface area contributed by atoms with Gasteiger partial charge in [0.15, 0.2) is 0 Å². The zero-order valence-electron chi connectivity index (χ0n) is 8.43. The molecular formula is C8H11NaO4. The molecule has 5 heteroatoms. The van der Waals surface area contributed by atoms with Gasteiger partial charge in [-0.1, -0.05) is 12.2 Å². The van der Waals surface area contributed by atoms with Gasteiger partial charge in [-0.2, -0.15) is 0 Å². The molecule has 0 heterocycles. The van der Waals surface area contributed by atoms with E-state index in [9.17, 15) is 9.59 Å². The molecule has 1 aliphatic carbocycles. The fourth-order valence-corrected chi connectivity index (χ4v) is 1.36. The van der Waals surface area contributed by atoms with Gasteiger partial charge < -0.3 is 11.6 Å². The Hall–Kier alpha value is -0.320. The van der Waals surface area contributed by atoms with E-state index >= 15 is 0 Å². The van der Waals surface area contributed by atoms with Gasteiger partial charge in [-0.25, -0.2) is 0 Å². The predicted molar refractivity (Wildman–Crippen MR) is 41.7 cm³/mol. The van der Waals surface area contributed by atoms with Crippen LogP contribution in [0.4, 0.5) is 0 Å². The van der Waals surface area contributed by atoms with E-state index in [0.717, 1.165) is 0 Å². The van der Waals surface area contributed by atoms with E-state index in [-0.39, 0.29) is 31.0 Å². The molecule has 2 atom stereocenters. The summed E-state index contributed by atoms with van der Waals surface area (Å²) in [5.41, 5.74) is 0. The molecule has 0 aromatic rings. The fraction of sp³-hybridized carbons (Fsp3) is 0.500. The maximum absolute atomic E-state index is 10.6. The van der Waals surface area contributed by atoms with Gasteiger partial charge in [0.2, 0.25) is 0 Å². The number of carboxylic acids is 2. The minimum atomic E-state index is -1.06. The average Bonchev–Trinajstić information content (AvgIpc) is 2.04. The van der Waals surface area contributed by atoms with Gasteiger partial charge in [-0.3, -0.25) is 9.59 Å². The molecule has 68 valence electrons. The van der Waals surface area contributed by atoms with Crippen molar-refractivity contribution in [3.8, 4) is 0 Å². The van der Waals surface area contributed by atoms with Crippen molar-refractivity contribution in [3.63, 3.8) is 0 Å². The van der Waals surface area contributed by atoms with Crippen LogP contribution >= 0.6 is 0 Å². The molecule has 1 rings (SSSR count). The second-order valence-electron chi connectivity index (χ2n) is 2.81. The second-order valence-corrected chi connectivity index (χ2v) is 2.81. The van der Waals surface area contributed by atoms with E-state index in [1.165, 1.54) is 6.08 Å². The maximum atomic E-state index is 10.6. The molecule has 0 saturated carbocycles. The van der Waals surface area contributed by atoms with E-state index in [2.05, 4.69) is 0 Å². The Bertz CT molecular complexity index is 241. The van der Waals surface area contributed by atoms with Crippen LogP contribution in [0.3, 0.4) is 0 Å². The number of carbonyl (C=O) groups is 2. The summed E-state index contributed by atoms with van der Waals surface area (Å²) in [5, 5.41) is 17.3. The Labute approximate surface area is 99.4 Å². The molecule has 0 aromatic heterocycles. The van der Waals surface area contributed by atoms with Gasteiger partial charge in [0, 0.05) is 0 Å². The molecule has 0 aromatic carbocycles. The molecule has 2 N–H and O–H groups in total. The first-order valence-electron chi connectivity index (χ1n) is 3.75. The van der Waals surface area contributed by atoms with Crippen molar-refractivity contribution in [1.82, 2.24) is 0 Å². The third kappa shape index (κ3) is 3.14. The number of hydrogen-bond donors (Lipinski definition) is 2. The molecule has 0 saturated heterocycles. The van der Waals surface area contributed by atoms with Gasteiger partial charge in [0.1, 0.15) is 0 Å². The SMILES string of the molecule is O=C(O)C1C=CCCC1C(=O)O.[H-].[Na+]. The summed E-state index contributed by atoms with van der Waals surface area (Å²) in [7, 11) is 0. The number of hydrogen-bond acceptors (Lipinski definition) is 2. The molecule has 0 spiro atoms. The topological polar surface area (TPSA) is 74.6 Å². The Morgan fingerprint density at radius 2 is 1.92 bits per heavy atom. The van der Waals surface area contributed by atoms with Crippen LogP contribution in [0, 0.1) is 11.8 Å². The van der Waals surface area contributed by atoms with Crippen molar-refractivity contribution in [3.05, 3.63) is 12.2 Å². The first-order chi connectivity index (χ1) is 5.63. The van der Waals surface area contributed by atoms with E-state index in [4.69, 9.17) is 10.2 Å². The van der Waals surface area contributed by atoms with E-state index in [1.807, 2.05) is 0 Å². The summed E-state index contributed by atoms with van der Waals surface area (Å²) in [6.07, 6.45) is 4.26. The maximum Gasteiger partial charge on any atom is 1.00 e. The Morgan fingerprint density at radius 1 is 1.31 bits per heavy atom. The van der Waals surface area contributed by atoms with E-state index in [0.29, 0.717) is 12.8 Å². The van der Waals surface area contributed by atoms with Gasteiger partial charge in [-0.15, -0.1) is 0 Å². The van der Waals surface area contributed by atoms with Gasteiger partial charge in [0.25, 0.3) is 0 Å². The van der Waals surface area contributed by atoms with Gasteiger partial charge in [0.05, 0.1) is 11.8 Å². The van der Waals surface area contributed by atoms with Crippen molar-refractivity contribution in [2.24, 2.45) is 11.8 Å². The molecular weight excluding hydrogens is 183 g/mol. The number of rotatable bonds is 2. The van der Waals surface area contributed by atoms with Crippen LogP contribution in [0.1, 0.15) is 14.3 Å². The minimum absolute atomic E-state index is 0. The fourth-order valence-electron chi connectivity index (χ4n) is 1.36. The third-order valence-corrected chi connectivity index (χ3v) is 2.02. The quantitative estimate of drug-likeness (QED) is 0.388. The molecule has 1 aliphatic rings. The van der Waals surface area contributed by atoms with Crippen molar-refractivity contribution in [2.45, 2.75) is 12.8 Å². The summed E-state index contributed by atoms with van der Waals surface area (Å²) < 4.78 is 0. The molecule has 0 bridgehead atoms. The predicted octanol–water partition coefficient (Wildman–Crippen LogP) is -2.15. The third-order valence-electron chi connectivity index (χ3n) is 2.02. The van der Waals surface area contributed by atoms with Crippen LogP contribution in [0.15, 0.2) is 12.2 Å². The summed E-state index contributed by atoms with van der Waals surface area (Å²) in [6, 6.07) is 0. The Morgan fingerprint density at radius 3 is 2.31 bits per heavy atom.